The van der Waals surface area contributed by atoms with Crippen molar-refractivity contribution >= 4 is 43.5 Å². The third-order valence-corrected chi connectivity index (χ3v) is 5.46. The molecule has 0 unspecified atom stereocenters. The average molecular weight is 470 g/mol. The molecule has 0 aromatic heterocycles. The first-order valence-electron chi connectivity index (χ1n) is 8.31. The maximum atomic E-state index is 12.2. The van der Waals surface area contributed by atoms with Gasteiger partial charge in [0, 0.05) is 12.6 Å². The summed E-state index contributed by atoms with van der Waals surface area (Å²) in [5.41, 5.74) is 3.67. The van der Waals surface area contributed by atoms with Crippen LogP contribution in [-0.2, 0) is 26.0 Å². The number of aryl methyl sites for hydroxylation is 1. The number of carbonyl (C=O) groups excluding carboxylic acids is 2. The number of benzene rings is 2. The summed E-state index contributed by atoms with van der Waals surface area (Å²) in [5.74, 6) is -0.453. The summed E-state index contributed by atoms with van der Waals surface area (Å²) < 4.78 is 30.5. The molecule has 0 heterocycles. The highest BCUT2D eigenvalue weighted by atomic mass is 79.9. The summed E-state index contributed by atoms with van der Waals surface area (Å²) in [5, 5.41) is 2.53. The Kier molecular flexibility index (Phi) is 7.55. The lowest BCUT2D eigenvalue weighted by Gasteiger charge is -2.11. The summed E-state index contributed by atoms with van der Waals surface area (Å²) in [6, 6.07) is 11.0. The maximum absolute atomic E-state index is 12.2. The SMILES string of the molecule is CCc1ccc(OCC(=O)NNS(=O)(=O)c2ccc(NC(C)=O)cc2)c(Br)c1. The van der Waals surface area contributed by atoms with Crippen molar-refractivity contribution in [3.8, 4) is 5.75 Å². The van der Waals surface area contributed by atoms with Crippen molar-refractivity contribution in [2.24, 2.45) is 0 Å². The Morgan fingerprint density at radius 1 is 1.11 bits per heavy atom. The van der Waals surface area contributed by atoms with Crippen LogP contribution in [0.1, 0.15) is 19.4 Å². The average Bonchev–Trinajstić information content (AvgIpc) is 2.65. The standard InChI is InChI=1S/C18H20BrN3O5S/c1-3-13-4-9-17(16(19)10-13)27-11-18(24)21-22-28(25,26)15-7-5-14(6-8-15)20-12(2)23/h4-10,22H,3,11H2,1-2H3,(H,20,23)(H,21,24). The van der Waals surface area contributed by atoms with E-state index in [1.54, 1.807) is 6.07 Å². The number of rotatable bonds is 8. The quantitative estimate of drug-likeness (QED) is 0.513. The third kappa shape index (κ3) is 6.32. The molecule has 0 spiro atoms. The molecular formula is C18H20BrN3O5S. The van der Waals surface area contributed by atoms with Crippen molar-refractivity contribution in [1.29, 1.82) is 0 Å². The minimum absolute atomic E-state index is 0.0688. The topological polar surface area (TPSA) is 114 Å². The highest BCUT2D eigenvalue weighted by Gasteiger charge is 2.15. The van der Waals surface area contributed by atoms with Crippen molar-refractivity contribution in [2.75, 3.05) is 11.9 Å². The molecule has 2 aromatic rings. The molecule has 0 radical (unpaired) electrons. The van der Waals surface area contributed by atoms with Gasteiger partial charge in [0.25, 0.3) is 15.9 Å². The molecule has 0 bridgehead atoms. The molecule has 0 saturated carbocycles. The molecule has 150 valence electrons. The number of sulfonamides is 1. The van der Waals surface area contributed by atoms with Crippen LogP contribution in [0.4, 0.5) is 5.69 Å². The molecule has 0 aliphatic heterocycles. The number of carbonyl (C=O) groups is 2. The second-order valence-corrected chi connectivity index (χ2v) is 8.30. The Bertz CT molecular complexity index is 962. The summed E-state index contributed by atoms with van der Waals surface area (Å²) in [4.78, 5) is 24.8. The van der Waals surface area contributed by atoms with Crippen LogP contribution in [0.2, 0.25) is 0 Å². The van der Waals surface area contributed by atoms with E-state index in [2.05, 4.69) is 26.7 Å². The summed E-state index contributed by atoms with van der Waals surface area (Å²) in [7, 11) is -3.96. The number of ether oxygens (including phenoxy) is 1. The molecule has 2 amide bonds. The van der Waals surface area contributed by atoms with Gasteiger partial charge in [0.2, 0.25) is 5.91 Å². The first-order chi connectivity index (χ1) is 13.2. The number of hydrogen-bond acceptors (Lipinski definition) is 5. The van der Waals surface area contributed by atoms with E-state index in [-0.39, 0.29) is 17.4 Å². The van der Waals surface area contributed by atoms with E-state index >= 15 is 0 Å². The van der Waals surface area contributed by atoms with Crippen molar-refractivity contribution in [2.45, 2.75) is 25.2 Å². The summed E-state index contributed by atoms with van der Waals surface area (Å²) >= 11 is 3.37. The number of hydrogen-bond donors (Lipinski definition) is 3. The van der Waals surface area contributed by atoms with E-state index in [1.165, 1.54) is 31.2 Å². The highest BCUT2D eigenvalue weighted by molar-refractivity contribution is 9.10. The van der Waals surface area contributed by atoms with Crippen molar-refractivity contribution < 1.29 is 22.7 Å². The van der Waals surface area contributed by atoms with Gasteiger partial charge in [-0.15, -0.1) is 4.83 Å². The number of nitrogens with one attached hydrogen (secondary N) is 3. The van der Waals surface area contributed by atoms with Crippen LogP contribution in [-0.4, -0.2) is 26.8 Å². The first-order valence-corrected chi connectivity index (χ1v) is 10.6. The molecule has 2 aromatic carbocycles. The predicted molar refractivity (Wildman–Crippen MR) is 108 cm³/mol. The van der Waals surface area contributed by atoms with Gasteiger partial charge < -0.3 is 10.1 Å². The van der Waals surface area contributed by atoms with Gasteiger partial charge in [0.15, 0.2) is 6.61 Å². The molecule has 0 aliphatic carbocycles. The van der Waals surface area contributed by atoms with E-state index in [9.17, 15) is 18.0 Å². The van der Waals surface area contributed by atoms with Crippen LogP contribution in [0.15, 0.2) is 51.8 Å². The lowest BCUT2D eigenvalue weighted by Crippen LogP contribution is -2.43. The van der Waals surface area contributed by atoms with Gasteiger partial charge in [-0.25, -0.2) is 8.42 Å². The van der Waals surface area contributed by atoms with Gasteiger partial charge in [-0.3, -0.25) is 15.0 Å². The summed E-state index contributed by atoms with van der Waals surface area (Å²) in [6.45, 7) is 3.00. The van der Waals surface area contributed by atoms with Crippen LogP contribution in [0.25, 0.3) is 0 Å². The van der Waals surface area contributed by atoms with E-state index in [4.69, 9.17) is 4.74 Å². The lowest BCUT2D eigenvalue weighted by atomic mass is 10.2. The van der Waals surface area contributed by atoms with E-state index in [0.717, 1.165) is 12.0 Å². The van der Waals surface area contributed by atoms with Crippen LogP contribution in [0, 0.1) is 0 Å². The van der Waals surface area contributed by atoms with Gasteiger partial charge in [-0.2, -0.15) is 0 Å². The van der Waals surface area contributed by atoms with E-state index in [1.807, 2.05) is 23.9 Å². The fourth-order valence-electron chi connectivity index (χ4n) is 2.16. The number of halogens is 1. The zero-order valence-corrected chi connectivity index (χ0v) is 17.7. The minimum Gasteiger partial charge on any atom is -0.483 e. The molecule has 0 fully saturated rings. The molecular weight excluding hydrogens is 450 g/mol. The maximum Gasteiger partial charge on any atom is 0.272 e. The van der Waals surface area contributed by atoms with Gasteiger partial charge in [-0.05, 0) is 64.3 Å². The Labute approximate surface area is 171 Å². The normalized spacial score (nSPS) is 11.0. The van der Waals surface area contributed by atoms with Gasteiger partial charge >= 0.3 is 0 Å². The Balaban J connectivity index is 1.89. The van der Waals surface area contributed by atoms with Crippen molar-refractivity contribution in [1.82, 2.24) is 10.3 Å². The minimum atomic E-state index is -3.96. The molecule has 28 heavy (non-hydrogen) atoms. The number of anilines is 1. The van der Waals surface area contributed by atoms with Crippen molar-refractivity contribution in [3.63, 3.8) is 0 Å². The van der Waals surface area contributed by atoms with Crippen LogP contribution in [0.3, 0.4) is 0 Å². The van der Waals surface area contributed by atoms with Crippen LogP contribution < -0.4 is 20.3 Å². The second-order valence-electron chi connectivity index (χ2n) is 5.77. The number of hydrazine groups is 1. The van der Waals surface area contributed by atoms with Crippen molar-refractivity contribution in [3.05, 3.63) is 52.5 Å². The molecule has 3 N–H and O–H groups in total. The van der Waals surface area contributed by atoms with E-state index in [0.29, 0.717) is 15.9 Å². The molecule has 10 heteroatoms. The molecule has 2 rings (SSSR count). The Morgan fingerprint density at radius 3 is 2.36 bits per heavy atom. The van der Waals surface area contributed by atoms with Crippen LogP contribution >= 0.6 is 15.9 Å². The molecule has 0 aliphatic rings. The Morgan fingerprint density at radius 2 is 1.79 bits per heavy atom. The summed E-state index contributed by atoms with van der Waals surface area (Å²) in [6.07, 6.45) is 0.868. The predicted octanol–water partition coefficient (Wildman–Crippen LogP) is 2.36. The first kappa shape index (κ1) is 21.9. The highest BCUT2D eigenvalue weighted by Crippen LogP contribution is 2.26. The monoisotopic (exact) mass is 469 g/mol. The third-order valence-electron chi connectivity index (χ3n) is 3.57. The second kappa shape index (κ2) is 9.67. The smallest absolute Gasteiger partial charge is 0.272 e. The van der Waals surface area contributed by atoms with Gasteiger partial charge in [0.05, 0.1) is 9.37 Å². The fraction of sp³-hybridized carbons (Fsp3) is 0.222. The molecule has 0 saturated heterocycles. The Hall–Kier alpha value is -2.43. The molecule has 0 atom stereocenters. The fourth-order valence-corrected chi connectivity index (χ4v) is 3.57. The zero-order chi connectivity index (χ0) is 20.7. The van der Waals surface area contributed by atoms with E-state index < -0.39 is 15.9 Å². The van der Waals surface area contributed by atoms with Gasteiger partial charge in [0.1, 0.15) is 5.75 Å². The van der Waals surface area contributed by atoms with Crippen LogP contribution in [0.5, 0.6) is 5.75 Å². The van der Waals surface area contributed by atoms with Gasteiger partial charge in [-0.1, -0.05) is 13.0 Å². The molecule has 8 nitrogen and oxygen atoms in total. The lowest BCUT2D eigenvalue weighted by molar-refractivity contribution is -0.123. The zero-order valence-electron chi connectivity index (χ0n) is 15.3. The number of amides is 2. The largest absolute Gasteiger partial charge is 0.483 e.